The van der Waals surface area contributed by atoms with Crippen LogP contribution in [0.2, 0.25) is 0 Å². The number of hydrogen-bond donors (Lipinski definition) is 1. The van der Waals surface area contributed by atoms with Gasteiger partial charge in [-0.2, -0.15) is 13.2 Å². The van der Waals surface area contributed by atoms with Crippen molar-refractivity contribution < 1.29 is 36.6 Å². The van der Waals surface area contributed by atoms with E-state index in [9.17, 15) is 27.2 Å². The second-order valence-corrected chi connectivity index (χ2v) is 9.10. The molecule has 6 nitrogen and oxygen atoms in total. The summed E-state index contributed by atoms with van der Waals surface area (Å²) in [6, 6.07) is 3.43. The molecule has 31 heavy (non-hydrogen) atoms. The van der Waals surface area contributed by atoms with Crippen LogP contribution < -0.4 is 10.1 Å². The standard InChI is InChI=1S/C21H22F4N2O4/c22-15-1-2-16-12(7-15)10-20(31-16,21(23,24)25)14-3-5-27(6-4-14)17(28)13-8-19(9-13)11-30-18(29)26-19/h1-2,7,13-14H,3-6,8-11H2,(H,26,29)/t13-,19+,20?. The van der Waals surface area contributed by atoms with Gasteiger partial charge in [0.05, 0.1) is 5.54 Å². The smallest absolute Gasteiger partial charge is 0.428 e. The molecule has 0 aromatic heterocycles. The lowest BCUT2D eigenvalue weighted by atomic mass is 9.68. The Balaban J connectivity index is 1.24. The molecule has 1 atom stereocenters. The van der Waals surface area contributed by atoms with Crippen molar-refractivity contribution in [3.05, 3.63) is 29.6 Å². The number of amides is 2. The molecule has 1 aromatic rings. The molecule has 2 amide bonds. The zero-order valence-corrected chi connectivity index (χ0v) is 16.6. The van der Waals surface area contributed by atoms with Crippen LogP contribution in [0.1, 0.15) is 31.2 Å². The van der Waals surface area contributed by atoms with E-state index in [2.05, 4.69) is 5.32 Å². The van der Waals surface area contributed by atoms with Gasteiger partial charge in [0, 0.05) is 36.9 Å². The highest BCUT2D eigenvalue weighted by atomic mass is 19.4. The Bertz CT molecular complexity index is 922. The molecule has 10 heteroatoms. The van der Waals surface area contributed by atoms with E-state index in [-0.39, 0.29) is 55.7 Å². The molecule has 0 bridgehead atoms. The highest BCUT2D eigenvalue weighted by Crippen LogP contribution is 2.51. The van der Waals surface area contributed by atoms with Gasteiger partial charge in [-0.1, -0.05) is 0 Å². The molecule has 1 saturated carbocycles. The number of carbonyl (C=O) groups excluding carboxylic acids is 2. The zero-order valence-electron chi connectivity index (χ0n) is 16.6. The molecule has 168 valence electrons. The van der Waals surface area contributed by atoms with Gasteiger partial charge < -0.3 is 19.7 Å². The van der Waals surface area contributed by atoms with Crippen LogP contribution in [0.4, 0.5) is 22.4 Å². The number of rotatable bonds is 2. The van der Waals surface area contributed by atoms with Gasteiger partial charge in [0.2, 0.25) is 11.5 Å². The molecular weight excluding hydrogens is 420 g/mol. The number of cyclic esters (lactones) is 1. The Morgan fingerprint density at radius 1 is 1.19 bits per heavy atom. The average Bonchev–Trinajstić information content (AvgIpc) is 3.27. The maximum atomic E-state index is 14.2. The normalized spacial score (nSPS) is 32.8. The number of benzene rings is 1. The van der Waals surface area contributed by atoms with Crippen molar-refractivity contribution in [1.29, 1.82) is 0 Å². The molecule has 5 rings (SSSR count). The summed E-state index contributed by atoms with van der Waals surface area (Å²) in [6.07, 6.45) is -4.27. The Labute approximate surface area is 175 Å². The minimum atomic E-state index is -4.62. The number of ether oxygens (including phenoxy) is 2. The molecule has 3 heterocycles. The molecule has 1 N–H and O–H groups in total. The third-order valence-corrected chi connectivity index (χ3v) is 7.18. The number of piperidine rings is 1. The first-order valence-corrected chi connectivity index (χ1v) is 10.4. The van der Waals surface area contributed by atoms with Crippen LogP contribution in [-0.4, -0.2) is 53.9 Å². The maximum Gasteiger partial charge on any atom is 0.428 e. The maximum absolute atomic E-state index is 14.2. The lowest BCUT2D eigenvalue weighted by molar-refractivity contribution is -0.264. The fraction of sp³-hybridized carbons (Fsp3) is 0.619. The van der Waals surface area contributed by atoms with Crippen molar-refractivity contribution in [3.8, 4) is 5.75 Å². The Kier molecular flexibility index (Phi) is 4.43. The number of fused-ring (bicyclic) bond motifs is 1. The molecular formula is C21H22F4N2O4. The lowest BCUT2D eigenvalue weighted by Crippen LogP contribution is -2.60. The largest absolute Gasteiger partial charge is 0.477 e. The van der Waals surface area contributed by atoms with Crippen LogP contribution in [0, 0.1) is 17.7 Å². The van der Waals surface area contributed by atoms with E-state index in [1.807, 2.05) is 0 Å². The predicted molar refractivity (Wildman–Crippen MR) is 98.8 cm³/mol. The number of halogens is 4. The monoisotopic (exact) mass is 442 g/mol. The van der Waals surface area contributed by atoms with Crippen LogP contribution in [-0.2, 0) is 16.0 Å². The van der Waals surface area contributed by atoms with Crippen LogP contribution in [0.15, 0.2) is 18.2 Å². The number of hydrogen-bond acceptors (Lipinski definition) is 4. The van der Waals surface area contributed by atoms with Crippen molar-refractivity contribution >= 4 is 12.0 Å². The van der Waals surface area contributed by atoms with E-state index in [4.69, 9.17) is 9.47 Å². The number of alkyl carbamates (subject to hydrolysis) is 1. The van der Waals surface area contributed by atoms with E-state index in [0.29, 0.717) is 12.8 Å². The summed E-state index contributed by atoms with van der Waals surface area (Å²) >= 11 is 0. The number of nitrogens with one attached hydrogen (secondary N) is 1. The SMILES string of the molecule is O=C1N[C@]2(CO1)C[C@H](C(=O)N1CCC(C3(C(F)(F)F)Cc4cc(F)ccc4O3)CC1)C2. The quantitative estimate of drug-likeness (QED) is 0.715. The predicted octanol–water partition coefficient (Wildman–Crippen LogP) is 3.19. The van der Waals surface area contributed by atoms with Crippen molar-refractivity contribution in [1.82, 2.24) is 10.2 Å². The molecule has 1 aliphatic carbocycles. The third kappa shape index (κ3) is 3.22. The van der Waals surface area contributed by atoms with Gasteiger partial charge in [-0.25, -0.2) is 9.18 Å². The molecule has 3 aliphatic heterocycles. The summed E-state index contributed by atoms with van der Waals surface area (Å²) in [5, 5.41) is 2.73. The van der Waals surface area contributed by atoms with Gasteiger partial charge in [0.25, 0.3) is 0 Å². The molecule has 2 saturated heterocycles. The Morgan fingerprint density at radius 2 is 1.90 bits per heavy atom. The highest BCUT2D eigenvalue weighted by Gasteiger charge is 2.64. The van der Waals surface area contributed by atoms with Crippen molar-refractivity contribution in [2.75, 3.05) is 19.7 Å². The topological polar surface area (TPSA) is 67.9 Å². The van der Waals surface area contributed by atoms with Crippen molar-refractivity contribution in [2.45, 2.75) is 49.4 Å². The van der Waals surface area contributed by atoms with E-state index >= 15 is 0 Å². The first kappa shape index (κ1) is 20.4. The minimum absolute atomic E-state index is 0.0674. The van der Waals surface area contributed by atoms with Crippen LogP contribution in [0.25, 0.3) is 0 Å². The first-order valence-electron chi connectivity index (χ1n) is 10.4. The highest BCUT2D eigenvalue weighted by molar-refractivity contribution is 5.81. The van der Waals surface area contributed by atoms with Crippen LogP contribution >= 0.6 is 0 Å². The average molecular weight is 442 g/mol. The molecule has 1 unspecified atom stereocenters. The van der Waals surface area contributed by atoms with Gasteiger partial charge in [0.15, 0.2) is 0 Å². The lowest BCUT2D eigenvalue weighted by Gasteiger charge is -2.46. The number of carbonyl (C=O) groups is 2. The fourth-order valence-corrected chi connectivity index (χ4v) is 5.51. The number of nitrogens with zero attached hydrogens (tertiary/aromatic N) is 1. The van der Waals surface area contributed by atoms with Gasteiger partial charge in [-0.15, -0.1) is 0 Å². The van der Waals surface area contributed by atoms with E-state index < -0.39 is 41.6 Å². The van der Waals surface area contributed by atoms with Crippen LogP contribution in [0.5, 0.6) is 5.75 Å². The molecule has 1 spiro atoms. The minimum Gasteiger partial charge on any atom is -0.477 e. The van der Waals surface area contributed by atoms with Gasteiger partial charge in [-0.05, 0) is 43.9 Å². The Hall–Kier alpha value is -2.52. The second kappa shape index (κ2) is 6.74. The summed E-state index contributed by atoms with van der Waals surface area (Å²) in [5.41, 5.74) is -2.66. The van der Waals surface area contributed by atoms with Crippen molar-refractivity contribution in [3.63, 3.8) is 0 Å². The molecule has 3 fully saturated rings. The Morgan fingerprint density at radius 3 is 2.52 bits per heavy atom. The summed E-state index contributed by atoms with van der Waals surface area (Å²) in [5.74, 6) is -1.71. The fourth-order valence-electron chi connectivity index (χ4n) is 5.51. The summed E-state index contributed by atoms with van der Waals surface area (Å²) < 4.78 is 66.4. The summed E-state index contributed by atoms with van der Waals surface area (Å²) in [4.78, 5) is 25.7. The number of likely N-dealkylation sites (tertiary alicyclic amines) is 1. The van der Waals surface area contributed by atoms with Crippen LogP contribution in [0.3, 0.4) is 0 Å². The molecule has 1 aromatic carbocycles. The molecule has 0 radical (unpaired) electrons. The van der Waals surface area contributed by atoms with Gasteiger partial charge in [0.1, 0.15) is 18.2 Å². The van der Waals surface area contributed by atoms with Gasteiger partial charge >= 0.3 is 12.3 Å². The van der Waals surface area contributed by atoms with E-state index in [1.165, 1.54) is 6.07 Å². The summed E-state index contributed by atoms with van der Waals surface area (Å²) in [6.45, 7) is 0.661. The summed E-state index contributed by atoms with van der Waals surface area (Å²) in [7, 11) is 0. The van der Waals surface area contributed by atoms with E-state index in [0.717, 1.165) is 12.1 Å². The molecule has 4 aliphatic rings. The second-order valence-electron chi connectivity index (χ2n) is 9.10. The first-order chi connectivity index (χ1) is 14.6. The third-order valence-electron chi connectivity index (χ3n) is 7.18. The van der Waals surface area contributed by atoms with E-state index in [1.54, 1.807) is 4.90 Å². The van der Waals surface area contributed by atoms with Gasteiger partial charge in [-0.3, -0.25) is 4.79 Å². The zero-order chi connectivity index (χ0) is 22.0. The number of alkyl halides is 3. The van der Waals surface area contributed by atoms with Crippen molar-refractivity contribution in [2.24, 2.45) is 11.8 Å².